The number of esters is 1. The monoisotopic (exact) mass is 638 g/mol. The molecule has 0 saturated heterocycles. The van der Waals surface area contributed by atoms with Crippen LogP contribution in [0.5, 0.6) is 0 Å². The molecule has 1 heterocycles. The topological polar surface area (TPSA) is 76.6 Å². The van der Waals surface area contributed by atoms with Crippen LogP contribution in [0.3, 0.4) is 0 Å². The number of aryl methyl sites for hydroxylation is 1. The summed E-state index contributed by atoms with van der Waals surface area (Å²) in [7, 11) is -2.89. The van der Waals surface area contributed by atoms with Gasteiger partial charge in [-0.25, -0.2) is 13.2 Å². The van der Waals surface area contributed by atoms with E-state index < -0.39 is 16.0 Å². The number of nitrogens with zero attached hydrogens (tertiary/aromatic N) is 2. The van der Waals surface area contributed by atoms with Gasteiger partial charge in [0.25, 0.3) is 10.0 Å². The number of hydrogen-bond acceptors (Lipinski definition) is 5. The molecule has 8 heteroatoms. The summed E-state index contributed by atoms with van der Waals surface area (Å²) in [6.45, 7) is 2.08. The summed E-state index contributed by atoms with van der Waals surface area (Å²) < 4.78 is 36.2. The third kappa shape index (κ3) is 6.33. The number of aromatic nitrogens is 1. The zero-order valence-electron chi connectivity index (χ0n) is 25.4. The molecule has 0 N–H and O–H groups in total. The van der Waals surface area contributed by atoms with Crippen LogP contribution in [0.15, 0.2) is 102 Å². The van der Waals surface area contributed by atoms with E-state index in [1.54, 1.807) is 6.07 Å². The number of carbonyl (C=O) groups is 1. The molecule has 45 heavy (non-hydrogen) atoms. The van der Waals surface area contributed by atoms with Crippen LogP contribution in [-0.4, -0.2) is 26.5 Å². The summed E-state index contributed by atoms with van der Waals surface area (Å²) in [5, 5.41) is 1.15. The van der Waals surface area contributed by atoms with Gasteiger partial charge in [0.05, 0.1) is 41.0 Å². The maximum absolute atomic E-state index is 14.9. The molecule has 4 aromatic carbocycles. The predicted octanol–water partition coefficient (Wildman–Crippen LogP) is 9.09. The lowest BCUT2D eigenvalue weighted by Gasteiger charge is -2.32. The largest absolute Gasteiger partial charge is 0.465 e. The van der Waals surface area contributed by atoms with E-state index in [4.69, 9.17) is 21.3 Å². The average Bonchev–Trinajstić information content (AvgIpc) is 3.07. The molecular formula is C37H35ClN2O4S. The Morgan fingerprint density at radius 3 is 2.27 bits per heavy atom. The predicted molar refractivity (Wildman–Crippen MR) is 180 cm³/mol. The number of pyridine rings is 1. The highest BCUT2D eigenvalue weighted by molar-refractivity contribution is 7.92. The SMILES string of the molecule is COC(=O)c1ccc(S(=O)(=O)N(Cc2ccc(C)cc2)c2c(-c3ccccc3)c(C3CCCCC3)nc3ccc(Cl)cc23)cc1. The van der Waals surface area contributed by atoms with Crippen LogP contribution in [0.4, 0.5) is 5.69 Å². The molecule has 0 bridgehead atoms. The Bertz CT molecular complexity index is 1940. The number of hydrogen-bond donors (Lipinski definition) is 0. The van der Waals surface area contributed by atoms with Crippen molar-refractivity contribution in [3.63, 3.8) is 0 Å². The Hall–Kier alpha value is -4.20. The van der Waals surface area contributed by atoms with Crippen LogP contribution in [0, 0.1) is 6.92 Å². The third-order valence-electron chi connectivity index (χ3n) is 8.56. The standard InChI is InChI=1S/C37H35ClN2O4S/c1-25-13-15-26(16-14-25)24-40(45(42,43)31-20-17-29(18-21-31)37(41)44-2)36-32-23-30(38)19-22-33(32)39-35(28-11-7-4-8-12-28)34(36)27-9-5-3-6-10-27/h3,5-6,9-10,13-23,28H,4,7-8,11-12,24H2,1-2H3. The van der Waals surface area contributed by atoms with Gasteiger partial charge < -0.3 is 4.74 Å². The van der Waals surface area contributed by atoms with Crippen LogP contribution >= 0.6 is 11.6 Å². The summed E-state index contributed by atoms with van der Waals surface area (Å²) in [5.74, 6) is -0.343. The molecule has 5 aromatic rings. The second kappa shape index (κ2) is 13.0. The number of fused-ring (bicyclic) bond motifs is 1. The summed E-state index contributed by atoms with van der Waals surface area (Å²) in [6, 6.07) is 29.2. The number of rotatable bonds is 8. The normalized spacial score (nSPS) is 13.9. The molecule has 0 spiro atoms. The van der Waals surface area contributed by atoms with E-state index in [9.17, 15) is 13.2 Å². The fourth-order valence-corrected chi connectivity index (χ4v) is 7.86. The summed E-state index contributed by atoms with van der Waals surface area (Å²) in [5.41, 5.74) is 6.04. The number of benzene rings is 4. The number of anilines is 1. The molecule has 1 saturated carbocycles. The highest BCUT2D eigenvalue weighted by Crippen LogP contribution is 2.47. The van der Waals surface area contributed by atoms with Gasteiger partial charge in [0.15, 0.2) is 0 Å². The molecule has 1 fully saturated rings. The molecule has 0 aliphatic heterocycles. The van der Waals surface area contributed by atoms with E-state index in [-0.39, 0.29) is 22.9 Å². The second-order valence-corrected chi connectivity index (χ2v) is 13.9. The van der Waals surface area contributed by atoms with Crippen LogP contribution in [0.25, 0.3) is 22.0 Å². The van der Waals surface area contributed by atoms with Gasteiger partial charge in [-0.15, -0.1) is 0 Å². The van der Waals surface area contributed by atoms with Gasteiger partial charge >= 0.3 is 5.97 Å². The quantitative estimate of drug-likeness (QED) is 0.158. The Morgan fingerprint density at radius 2 is 1.60 bits per heavy atom. The van der Waals surface area contributed by atoms with Gasteiger partial charge in [-0.3, -0.25) is 9.29 Å². The molecule has 1 aliphatic carbocycles. The number of halogens is 1. The maximum atomic E-state index is 14.9. The second-order valence-electron chi connectivity index (χ2n) is 11.6. The minimum absolute atomic E-state index is 0.0625. The van der Waals surface area contributed by atoms with E-state index in [0.717, 1.165) is 53.6 Å². The van der Waals surface area contributed by atoms with Gasteiger partial charge in [-0.2, -0.15) is 0 Å². The highest BCUT2D eigenvalue weighted by Gasteiger charge is 2.33. The molecule has 1 aromatic heterocycles. The Morgan fingerprint density at radius 1 is 0.911 bits per heavy atom. The molecule has 0 unspecified atom stereocenters. The van der Waals surface area contributed by atoms with Crippen molar-refractivity contribution in [2.75, 3.05) is 11.4 Å². The Kier molecular flexibility index (Phi) is 8.92. The molecule has 0 atom stereocenters. The maximum Gasteiger partial charge on any atom is 0.337 e. The summed E-state index contributed by atoms with van der Waals surface area (Å²) in [4.78, 5) is 17.5. The number of methoxy groups -OCH3 is 1. The highest BCUT2D eigenvalue weighted by atomic mass is 35.5. The average molecular weight is 639 g/mol. The summed E-state index contributed by atoms with van der Waals surface area (Å²) >= 11 is 6.61. The molecule has 0 radical (unpaired) electrons. The minimum atomic E-state index is -4.18. The first kappa shape index (κ1) is 30.8. The van der Waals surface area contributed by atoms with Gasteiger partial charge in [0.2, 0.25) is 0 Å². The lowest BCUT2D eigenvalue weighted by atomic mass is 9.82. The van der Waals surface area contributed by atoms with Crippen molar-refractivity contribution in [1.29, 1.82) is 0 Å². The van der Waals surface area contributed by atoms with Crippen molar-refractivity contribution in [3.8, 4) is 11.1 Å². The lowest BCUT2D eigenvalue weighted by molar-refractivity contribution is 0.0600. The van der Waals surface area contributed by atoms with Gasteiger partial charge in [0.1, 0.15) is 0 Å². The molecule has 230 valence electrons. The van der Waals surface area contributed by atoms with Crippen LogP contribution in [-0.2, 0) is 21.3 Å². The van der Waals surface area contributed by atoms with Gasteiger partial charge in [-0.05, 0) is 73.4 Å². The number of carbonyl (C=O) groups excluding carboxylic acids is 1. The van der Waals surface area contributed by atoms with Gasteiger partial charge in [0, 0.05) is 21.9 Å². The minimum Gasteiger partial charge on any atom is -0.465 e. The van der Waals surface area contributed by atoms with Crippen molar-refractivity contribution in [3.05, 3.63) is 124 Å². The zero-order valence-corrected chi connectivity index (χ0v) is 26.9. The van der Waals surface area contributed by atoms with E-state index in [2.05, 4.69) is 0 Å². The summed E-state index contributed by atoms with van der Waals surface area (Å²) in [6.07, 6.45) is 5.37. The zero-order chi connectivity index (χ0) is 31.6. The number of ether oxygens (including phenoxy) is 1. The van der Waals surface area contributed by atoms with Crippen molar-refractivity contribution in [2.45, 2.75) is 56.4 Å². The van der Waals surface area contributed by atoms with Crippen molar-refractivity contribution >= 4 is 44.2 Å². The van der Waals surface area contributed by atoms with Crippen LogP contribution < -0.4 is 4.31 Å². The van der Waals surface area contributed by atoms with Crippen molar-refractivity contribution < 1.29 is 17.9 Å². The fraction of sp³-hybridized carbons (Fsp3) is 0.243. The van der Waals surface area contributed by atoms with Crippen molar-refractivity contribution in [2.24, 2.45) is 0 Å². The number of sulfonamides is 1. The van der Waals surface area contributed by atoms with E-state index in [0.29, 0.717) is 21.6 Å². The van der Waals surface area contributed by atoms with E-state index in [1.807, 2.05) is 73.7 Å². The first-order chi connectivity index (χ1) is 21.8. The van der Waals surface area contributed by atoms with Crippen LogP contribution in [0.1, 0.15) is 65.2 Å². The first-order valence-corrected chi connectivity index (χ1v) is 17.0. The smallest absolute Gasteiger partial charge is 0.337 e. The van der Waals surface area contributed by atoms with Crippen LogP contribution in [0.2, 0.25) is 5.02 Å². The Balaban J connectivity index is 1.67. The molecule has 0 amide bonds. The van der Waals surface area contributed by atoms with E-state index in [1.165, 1.54) is 42.1 Å². The third-order valence-corrected chi connectivity index (χ3v) is 10.6. The first-order valence-electron chi connectivity index (χ1n) is 15.2. The Labute approximate surface area is 269 Å². The van der Waals surface area contributed by atoms with Gasteiger partial charge in [-0.1, -0.05) is 91.0 Å². The molecular weight excluding hydrogens is 604 g/mol. The fourth-order valence-electron chi connectivity index (χ4n) is 6.21. The lowest BCUT2D eigenvalue weighted by Crippen LogP contribution is -2.32. The molecule has 1 aliphatic rings. The van der Waals surface area contributed by atoms with E-state index >= 15 is 0 Å². The molecule has 6 rings (SSSR count). The van der Waals surface area contributed by atoms with Crippen molar-refractivity contribution in [1.82, 2.24) is 4.98 Å². The molecule has 6 nitrogen and oxygen atoms in total.